The van der Waals surface area contributed by atoms with Crippen LogP contribution in [0.5, 0.6) is 5.75 Å². The highest BCUT2D eigenvalue weighted by atomic mass is 16.5. The number of allylic oxidation sites excluding steroid dienone is 1. The summed E-state index contributed by atoms with van der Waals surface area (Å²) >= 11 is 0. The second-order valence-electron chi connectivity index (χ2n) is 3.93. The van der Waals surface area contributed by atoms with E-state index in [9.17, 15) is 0 Å². The Kier molecular flexibility index (Phi) is 3.07. The number of methoxy groups -OCH3 is 1. The van der Waals surface area contributed by atoms with Gasteiger partial charge >= 0.3 is 0 Å². The van der Waals surface area contributed by atoms with E-state index in [-0.39, 0.29) is 6.04 Å². The summed E-state index contributed by atoms with van der Waals surface area (Å²) in [6.07, 6.45) is 5.71. The van der Waals surface area contributed by atoms with Gasteiger partial charge in [-0.2, -0.15) is 0 Å². The molecule has 2 nitrogen and oxygen atoms in total. The van der Waals surface area contributed by atoms with E-state index < -0.39 is 0 Å². The smallest absolute Gasteiger partial charge is 0.118 e. The largest absolute Gasteiger partial charge is 0.497 e. The van der Waals surface area contributed by atoms with Gasteiger partial charge in [0.05, 0.1) is 7.11 Å². The van der Waals surface area contributed by atoms with Crippen molar-refractivity contribution >= 4 is 5.57 Å². The fraction of sp³-hybridized carbons (Fsp3) is 0.385. The number of benzene rings is 1. The summed E-state index contributed by atoms with van der Waals surface area (Å²) in [5.74, 6) is 0.892. The fourth-order valence-electron chi connectivity index (χ4n) is 2.02. The zero-order valence-electron chi connectivity index (χ0n) is 9.07. The predicted octanol–water partition coefficient (Wildman–Crippen LogP) is 2.59. The van der Waals surface area contributed by atoms with Crippen LogP contribution in [0.4, 0.5) is 0 Å². The fourth-order valence-corrected chi connectivity index (χ4v) is 2.02. The molecular formula is C13H17NO. The summed E-state index contributed by atoms with van der Waals surface area (Å²) < 4.78 is 5.13. The van der Waals surface area contributed by atoms with E-state index in [1.54, 1.807) is 7.11 Å². The normalized spacial score (nSPS) is 20.9. The Morgan fingerprint density at radius 1 is 1.27 bits per heavy atom. The second-order valence-corrected chi connectivity index (χ2v) is 3.93. The first-order valence-corrected chi connectivity index (χ1v) is 5.41. The van der Waals surface area contributed by atoms with Gasteiger partial charge < -0.3 is 10.5 Å². The molecule has 1 aliphatic rings. The van der Waals surface area contributed by atoms with Crippen molar-refractivity contribution in [1.29, 1.82) is 0 Å². The third-order valence-corrected chi connectivity index (χ3v) is 2.91. The molecule has 15 heavy (non-hydrogen) atoms. The summed E-state index contributed by atoms with van der Waals surface area (Å²) in [4.78, 5) is 0. The minimum absolute atomic E-state index is 0.201. The van der Waals surface area contributed by atoms with Crippen molar-refractivity contribution in [1.82, 2.24) is 0 Å². The van der Waals surface area contributed by atoms with Crippen molar-refractivity contribution in [3.8, 4) is 5.75 Å². The minimum atomic E-state index is 0.201. The number of nitrogens with two attached hydrogens (primary N) is 1. The van der Waals surface area contributed by atoms with Crippen molar-refractivity contribution in [3.63, 3.8) is 0 Å². The number of hydrogen-bond acceptors (Lipinski definition) is 2. The molecule has 1 atom stereocenters. The first-order valence-electron chi connectivity index (χ1n) is 5.41. The minimum Gasteiger partial charge on any atom is -0.497 e. The first kappa shape index (κ1) is 10.2. The molecule has 2 heteroatoms. The van der Waals surface area contributed by atoms with Crippen LogP contribution >= 0.6 is 0 Å². The molecule has 0 fully saturated rings. The maximum atomic E-state index is 6.08. The lowest BCUT2D eigenvalue weighted by Crippen LogP contribution is -2.23. The third kappa shape index (κ3) is 2.21. The molecule has 1 aromatic carbocycles. The Balaban J connectivity index is 2.24. The Labute approximate surface area is 90.7 Å². The average Bonchev–Trinajstić information content (AvgIpc) is 2.30. The summed E-state index contributed by atoms with van der Waals surface area (Å²) in [5.41, 5.74) is 8.59. The lowest BCUT2D eigenvalue weighted by molar-refractivity contribution is 0.415. The molecule has 0 heterocycles. The predicted molar refractivity (Wildman–Crippen MR) is 62.8 cm³/mol. The topological polar surface area (TPSA) is 35.2 Å². The second kappa shape index (κ2) is 4.49. The van der Waals surface area contributed by atoms with Gasteiger partial charge in [0.25, 0.3) is 0 Å². The Hall–Kier alpha value is -1.28. The van der Waals surface area contributed by atoms with E-state index in [1.807, 2.05) is 12.1 Å². The molecule has 0 bridgehead atoms. The molecule has 1 unspecified atom stereocenters. The van der Waals surface area contributed by atoms with Gasteiger partial charge in [-0.25, -0.2) is 0 Å². The molecule has 0 radical (unpaired) electrons. The van der Waals surface area contributed by atoms with Crippen LogP contribution in [0.25, 0.3) is 5.57 Å². The Morgan fingerprint density at radius 2 is 2.00 bits per heavy atom. The SMILES string of the molecule is COc1ccc(C2=CCCCC2N)cc1. The van der Waals surface area contributed by atoms with Crippen LogP contribution in [-0.4, -0.2) is 13.2 Å². The van der Waals surface area contributed by atoms with Crippen molar-refractivity contribution in [3.05, 3.63) is 35.9 Å². The summed E-state index contributed by atoms with van der Waals surface area (Å²) in [7, 11) is 1.68. The van der Waals surface area contributed by atoms with Crippen LogP contribution in [-0.2, 0) is 0 Å². The molecule has 1 aromatic rings. The van der Waals surface area contributed by atoms with E-state index in [0.717, 1.165) is 18.6 Å². The van der Waals surface area contributed by atoms with Gasteiger partial charge in [0.1, 0.15) is 5.75 Å². The van der Waals surface area contributed by atoms with Crippen molar-refractivity contribution in [2.45, 2.75) is 25.3 Å². The van der Waals surface area contributed by atoms with Gasteiger partial charge in [0, 0.05) is 6.04 Å². The molecule has 80 valence electrons. The molecule has 0 saturated carbocycles. The van der Waals surface area contributed by atoms with Gasteiger partial charge in [0.15, 0.2) is 0 Å². The first-order chi connectivity index (χ1) is 7.31. The molecule has 2 rings (SSSR count). The zero-order valence-corrected chi connectivity index (χ0v) is 9.07. The highest BCUT2D eigenvalue weighted by Gasteiger charge is 2.14. The molecule has 1 aliphatic carbocycles. The average molecular weight is 203 g/mol. The summed E-state index contributed by atoms with van der Waals surface area (Å²) in [6, 6.07) is 8.33. The van der Waals surface area contributed by atoms with Crippen molar-refractivity contribution < 1.29 is 4.74 Å². The summed E-state index contributed by atoms with van der Waals surface area (Å²) in [6.45, 7) is 0. The van der Waals surface area contributed by atoms with Crippen LogP contribution in [0.1, 0.15) is 24.8 Å². The van der Waals surface area contributed by atoms with Gasteiger partial charge in [0.2, 0.25) is 0 Å². The number of hydrogen-bond donors (Lipinski definition) is 1. The van der Waals surface area contributed by atoms with E-state index >= 15 is 0 Å². The maximum absolute atomic E-state index is 6.08. The van der Waals surface area contributed by atoms with Crippen LogP contribution in [0.3, 0.4) is 0 Å². The molecule has 0 saturated heterocycles. The van der Waals surface area contributed by atoms with Crippen LogP contribution in [0.2, 0.25) is 0 Å². The number of rotatable bonds is 2. The van der Waals surface area contributed by atoms with Crippen LogP contribution in [0, 0.1) is 0 Å². The van der Waals surface area contributed by atoms with Gasteiger partial charge in [-0.15, -0.1) is 0 Å². The van der Waals surface area contributed by atoms with Crippen molar-refractivity contribution in [2.75, 3.05) is 7.11 Å². The molecule has 0 aliphatic heterocycles. The van der Waals surface area contributed by atoms with Crippen molar-refractivity contribution in [2.24, 2.45) is 5.73 Å². The van der Waals surface area contributed by atoms with Gasteiger partial charge in [-0.05, 0) is 42.5 Å². The zero-order chi connectivity index (χ0) is 10.7. The highest BCUT2D eigenvalue weighted by Crippen LogP contribution is 2.27. The van der Waals surface area contributed by atoms with Crippen LogP contribution < -0.4 is 10.5 Å². The highest BCUT2D eigenvalue weighted by molar-refractivity contribution is 5.70. The van der Waals surface area contributed by atoms with E-state index in [4.69, 9.17) is 10.5 Å². The quantitative estimate of drug-likeness (QED) is 0.801. The monoisotopic (exact) mass is 203 g/mol. The lowest BCUT2D eigenvalue weighted by atomic mass is 9.90. The molecule has 0 spiro atoms. The van der Waals surface area contributed by atoms with E-state index in [0.29, 0.717) is 0 Å². The third-order valence-electron chi connectivity index (χ3n) is 2.91. The van der Waals surface area contributed by atoms with Gasteiger partial charge in [-0.1, -0.05) is 18.2 Å². The standard InChI is InChI=1S/C13H17NO/c1-15-11-8-6-10(7-9-11)12-4-2-3-5-13(12)14/h4,6-9,13H,2-3,5,14H2,1H3. The number of ether oxygens (including phenoxy) is 1. The molecule has 2 N–H and O–H groups in total. The lowest BCUT2D eigenvalue weighted by Gasteiger charge is -2.20. The van der Waals surface area contributed by atoms with E-state index in [2.05, 4.69) is 18.2 Å². The molecule has 0 amide bonds. The van der Waals surface area contributed by atoms with Crippen LogP contribution in [0.15, 0.2) is 30.3 Å². The maximum Gasteiger partial charge on any atom is 0.118 e. The molecular weight excluding hydrogens is 186 g/mol. The Morgan fingerprint density at radius 3 is 2.60 bits per heavy atom. The van der Waals surface area contributed by atoms with E-state index in [1.165, 1.54) is 17.6 Å². The molecule has 0 aromatic heterocycles. The Bertz CT molecular complexity index is 353. The van der Waals surface area contributed by atoms with Gasteiger partial charge in [-0.3, -0.25) is 0 Å². The summed E-state index contributed by atoms with van der Waals surface area (Å²) in [5, 5.41) is 0.